The van der Waals surface area contributed by atoms with Crippen molar-refractivity contribution in [2.45, 2.75) is 0 Å². The summed E-state index contributed by atoms with van der Waals surface area (Å²) in [6.45, 7) is 0. The molecule has 0 aliphatic heterocycles. The van der Waals surface area contributed by atoms with Crippen molar-refractivity contribution >= 4 is 195 Å². The van der Waals surface area contributed by atoms with Crippen LogP contribution in [0.5, 0.6) is 0 Å². The van der Waals surface area contributed by atoms with Gasteiger partial charge in [-0.2, -0.15) is 0 Å². The van der Waals surface area contributed by atoms with Gasteiger partial charge in [0.2, 0.25) is 0 Å². The van der Waals surface area contributed by atoms with Gasteiger partial charge in [0.15, 0.2) is 0 Å². The molecule has 0 spiro atoms. The fourth-order valence-electron chi connectivity index (χ4n) is 5.95. The van der Waals surface area contributed by atoms with Crippen LogP contribution in [0.2, 0.25) is 0 Å². The summed E-state index contributed by atoms with van der Waals surface area (Å²) in [4.78, 5) is 6.78. The zero-order valence-corrected chi connectivity index (χ0v) is 41.9. The van der Waals surface area contributed by atoms with Crippen molar-refractivity contribution in [1.82, 2.24) is 0 Å². The normalized spacial score (nSPS) is 11.1. The molecule has 7 rings (SSSR count). The molecule has 0 aliphatic rings. The number of hydrogen-bond donors (Lipinski definition) is 0. The third kappa shape index (κ3) is 9.02. The van der Waals surface area contributed by atoms with Gasteiger partial charge in [-0.05, 0) is 209 Å². The molecule has 0 atom stereocenters. The van der Waals surface area contributed by atoms with Crippen molar-refractivity contribution in [3.63, 3.8) is 0 Å². The van der Waals surface area contributed by atoms with Crippen LogP contribution < -0.4 is 14.7 Å². The zero-order valence-electron chi connectivity index (χ0n) is 27.6. The van der Waals surface area contributed by atoms with E-state index in [-0.39, 0.29) is 0 Å². The SMILES string of the molecule is Brc1ccc(N(c2ccc(Br)cc2)c2cc(N(c3ccc(Br)cc3)c3cc(N(c4ccc(Br)cc4)c4ccc(Br)cc4)c(Br)cc3Br)c(Br)cc2Br)cc1. The van der Waals surface area contributed by atoms with Crippen molar-refractivity contribution < 1.29 is 0 Å². The molecule has 0 saturated heterocycles. The second kappa shape index (κ2) is 17.8. The lowest BCUT2D eigenvalue weighted by molar-refractivity contribution is 1.21. The van der Waals surface area contributed by atoms with Crippen molar-refractivity contribution in [1.29, 1.82) is 0 Å². The second-order valence-corrected chi connectivity index (χ2v) is 19.9. The summed E-state index contributed by atoms with van der Waals surface area (Å²) in [7, 11) is 0. The molecule has 0 amide bonds. The van der Waals surface area contributed by atoms with Gasteiger partial charge >= 0.3 is 0 Å². The summed E-state index contributed by atoms with van der Waals surface area (Å²) >= 11 is 34.0. The van der Waals surface area contributed by atoms with E-state index in [2.05, 4.69) is 304 Å². The number of nitrogens with zero attached hydrogens (tertiary/aromatic N) is 3. The minimum Gasteiger partial charge on any atom is -0.309 e. The Morgan fingerprint density at radius 1 is 0.222 bits per heavy atom. The van der Waals surface area contributed by atoms with E-state index >= 15 is 0 Å². The first kappa shape index (κ1) is 40.5. The summed E-state index contributed by atoms with van der Waals surface area (Å²) < 4.78 is 8.68. The highest BCUT2D eigenvalue weighted by molar-refractivity contribution is 9.12. The van der Waals surface area contributed by atoms with E-state index in [4.69, 9.17) is 0 Å². The maximum Gasteiger partial charge on any atom is 0.0625 e. The van der Waals surface area contributed by atoms with Crippen molar-refractivity contribution in [2.75, 3.05) is 14.7 Å². The lowest BCUT2D eigenvalue weighted by Crippen LogP contribution is -2.16. The van der Waals surface area contributed by atoms with Crippen LogP contribution in [0.25, 0.3) is 0 Å². The van der Waals surface area contributed by atoms with Crippen LogP contribution in [0.4, 0.5) is 51.2 Å². The van der Waals surface area contributed by atoms with Crippen LogP contribution in [0.15, 0.2) is 186 Å². The topological polar surface area (TPSA) is 9.72 Å². The van der Waals surface area contributed by atoms with Gasteiger partial charge in [0.1, 0.15) is 0 Å². The average molecular weight is 1290 g/mol. The highest BCUT2D eigenvalue weighted by atomic mass is 79.9. The molecule has 7 aromatic rings. The van der Waals surface area contributed by atoms with Crippen molar-refractivity contribution in [3.8, 4) is 0 Å². The van der Waals surface area contributed by atoms with Crippen LogP contribution in [-0.2, 0) is 0 Å². The van der Waals surface area contributed by atoms with Gasteiger partial charge in [0.05, 0.1) is 22.7 Å². The van der Waals surface area contributed by atoms with Gasteiger partial charge in [0.25, 0.3) is 0 Å². The number of halogens is 9. The highest BCUT2D eigenvalue weighted by Crippen LogP contribution is 2.51. The van der Waals surface area contributed by atoms with Gasteiger partial charge in [-0.1, -0.05) is 79.6 Å². The van der Waals surface area contributed by atoms with Crippen LogP contribution in [0, 0.1) is 0 Å². The molecule has 0 aliphatic carbocycles. The molecule has 0 bridgehead atoms. The minimum absolute atomic E-state index is 0.904. The first-order valence-corrected chi connectivity index (χ1v) is 23.3. The number of hydrogen-bond acceptors (Lipinski definition) is 3. The van der Waals surface area contributed by atoms with Gasteiger partial charge in [-0.3, -0.25) is 0 Å². The standard InChI is InChI=1S/C42H24Br9N3/c43-25-1-11-30(12-2-25)52(31-13-3-26(44)4-14-31)39-23-41(37(50)21-35(39)48)54(34-19-9-29(47)10-20-34)42-24-40(36(49)22-38(42)51)53(32-15-5-27(45)6-16-32)33-17-7-28(46)8-18-33/h1-24H. The summed E-state index contributed by atoms with van der Waals surface area (Å²) in [5, 5.41) is 0. The fourth-order valence-corrected chi connectivity index (χ4v) is 9.97. The first-order valence-electron chi connectivity index (χ1n) is 16.1. The van der Waals surface area contributed by atoms with Gasteiger partial charge < -0.3 is 14.7 Å². The molecule has 0 saturated carbocycles. The van der Waals surface area contributed by atoms with Crippen molar-refractivity contribution in [3.05, 3.63) is 186 Å². The minimum atomic E-state index is 0.904. The Morgan fingerprint density at radius 3 is 0.630 bits per heavy atom. The molecule has 0 aromatic heterocycles. The van der Waals surface area contributed by atoms with E-state index in [1.54, 1.807) is 0 Å². The average Bonchev–Trinajstić information content (AvgIpc) is 3.15. The fraction of sp³-hybridized carbons (Fsp3) is 0. The van der Waals surface area contributed by atoms with E-state index in [0.29, 0.717) is 0 Å². The summed E-state index contributed by atoms with van der Waals surface area (Å²) in [6, 6.07) is 50.4. The summed E-state index contributed by atoms with van der Waals surface area (Å²) in [6.07, 6.45) is 0. The Labute approximate surface area is 390 Å². The number of anilines is 9. The van der Waals surface area contributed by atoms with E-state index in [9.17, 15) is 0 Å². The van der Waals surface area contributed by atoms with Gasteiger partial charge in [-0.15, -0.1) is 0 Å². The first-order chi connectivity index (χ1) is 26.0. The molecule has 0 fully saturated rings. The predicted octanol–water partition coefficient (Wildman–Crippen LogP) is 19.0. The summed E-state index contributed by atoms with van der Waals surface area (Å²) in [5.74, 6) is 0. The maximum atomic E-state index is 3.99. The number of rotatable bonds is 9. The molecule has 7 aromatic carbocycles. The van der Waals surface area contributed by atoms with Crippen LogP contribution in [0.3, 0.4) is 0 Å². The predicted molar refractivity (Wildman–Crippen MR) is 260 cm³/mol. The second-order valence-electron chi connectivity index (χ2n) is 11.9. The quantitative estimate of drug-likeness (QED) is 0.143. The molecule has 270 valence electrons. The third-order valence-corrected chi connectivity index (χ3v) is 13.6. The molecule has 54 heavy (non-hydrogen) atoms. The molecule has 0 unspecified atom stereocenters. The largest absolute Gasteiger partial charge is 0.309 e. The lowest BCUT2D eigenvalue weighted by atomic mass is 10.1. The Bertz CT molecular complexity index is 2180. The van der Waals surface area contributed by atoms with Crippen LogP contribution in [0.1, 0.15) is 0 Å². The van der Waals surface area contributed by atoms with Gasteiger partial charge in [-0.25, -0.2) is 0 Å². The Kier molecular flexibility index (Phi) is 13.3. The Morgan fingerprint density at radius 2 is 0.407 bits per heavy atom. The highest BCUT2D eigenvalue weighted by Gasteiger charge is 2.26. The molecule has 0 N–H and O–H groups in total. The third-order valence-electron chi connectivity index (χ3n) is 8.42. The molecule has 12 heteroatoms. The number of benzene rings is 7. The van der Waals surface area contributed by atoms with Gasteiger partial charge in [0, 0.05) is 68.7 Å². The molecule has 3 nitrogen and oxygen atoms in total. The monoisotopic (exact) mass is 1280 g/mol. The lowest BCUT2D eigenvalue weighted by Gasteiger charge is -2.33. The van der Waals surface area contributed by atoms with Crippen LogP contribution in [-0.4, -0.2) is 0 Å². The van der Waals surface area contributed by atoms with Crippen molar-refractivity contribution in [2.24, 2.45) is 0 Å². The Hall–Kier alpha value is -1.74. The van der Waals surface area contributed by atoms with E-state index in [0.717, 1.165) is 91.4 Å². The summed E-state index contributed by atoms with van der Waals surface area (Å²) in [5.41, 5.74) is 8.80. The zero-order chi connectivity index (χ0) is 38.1. The molecule has 0 radical (unpaired) electrons. The van der Waals surface area contributed by atoms with E-state index in [1.165, 1.54) is 0 Å². The van der Waals surface area contributed by atoms with E-state index in [1.807, 2.05) is 0 Å². The molecular weight excluding hydrogens is 1270 g/mol. The molecule has 0 heterocycles. The Balaban J connectivity index is 1.47. The smallest absolute Gasteiger partial charge is 0.0625 e. The maximum absolute atomic E-state index is 3.99. The molecular formula is C42H24Br9N3. The van der Waals surface area contributed by atoms with Crippen LogP contribution >= 0.6 is 143 Å². The van der Waals surface area contributed by atoms with E-state index < -0.39 is 0 Å².